The number of benzene rings is 1. The van der Waals surface area contributed by atoms with Gasteiger partial charge in [0.2, 0.25) is 0 Å². The molecule has 1 nitrogen and oxygen atoms in total. The summed E-state index contributed by atoms with van der Waals surface area (Å²) in [6.07, 6.45) is 0. The SMILES string of the molecule is CC(C)[C@H](CO)c1ccc(Cl)cc1. The minimum absolute atomic E-state index is 0.194. The minimum atomic E-state index is 0.194. The largest absolute Gasteiger partial charge is 0.396 e. The molecule has 2 heteroatoms. The van der Waals surface area contributed by atoms with E-state index in [0.29, 0.717) is 5.92 Å². The van der Waals surface area contributed by atoms with Crippen molar-refractivity contribution in [2.45, 2.75) is 19.8 Å². The fourth-order valence-electron chi connectivity index (χ4n) is 1.41. The van der Waals surface area contributed by atoms with E-state index in [2.05, 4.69) is 13.8 Å². The molecule has 0 aromatic heterocycles. The van der Waals surface area contributed by atoms with Gasteiger partial charge in [0.05, 0.1) is 6.61 Å². The third-order valence-electron chi connectivity index (χ3n) is 2.30. The van der Waals surface area contributed by atoms with Crippen LogP contribution in [0.1, 0.15) is 25.3 Å². The average molecular weight is 199 g/mol. The molecule has 0 amide bonds. The average Bonchev–Trinajstić information content (AvgIpc) is 2.09. The first kappa shape index (κ1) is 10.6. The number of aliphatic hydroxyl groups is 1. The number of halogens is 1. The van der Waals surface area contributed by atoms with Gasteiger partial charge in [-0.2, -0.15) is 0 Å². The Balaban J connectivity index is 2.86. The summed E-state index contributed by atoms with van der Waals surface area (Å²) >= 11 is 5.78. The van der Waals surface area contributed by atoms with Crippen LogP contribution in [0, 0.1) is 5.92 Å². The van der Waals surface area contributed by atoms with Crippen molar-refractivity contribution in [3.05, 3.63) is 34.9 Å². The molecule has 13 heavy (non-hydrogen) atoms. The maximum Gasteiger partial charge on any atom is 0.0502 e. The van der Waals surface area contributed by atoms with Crippen molar-refractivity contribution in [2.24, 2.45) is 5.92 Å². The van der Waals surface area contributed by atoms with Gasteiger partial charge in [-0.25, -0.2) is 0 Å². The fourth-order valence-corrected chi connectivity index (χ4v) is 1.54. The summed E-state index contributed by atoms with van der Waals surface area (Å²) in [7, 11) is 0. The molecule has 0 spiro atoms. The van der Waals surface area contributed by atoms with Crippen LogP contribution >= 0.6 is 11.6 Å². The van der Waals surface area contributed by atoms with Crippen molar-refractivity contribution in [1.29, 1.82) is 0 Å². The summed E-state index contributed by atoms with van der Waals surface area (Å²) in [6.45, 7) is 4.41. The minimum Gasteiger partial charge on any atom is -0.396 e. The lowest BCUT2D eigenvalue weighted by molar-refractivity contribution is 0.237. The van der Waals surface area contributed by atoms with Crippen molar-refractivity contribution < 1.29 is 5.11 Å². The van der Waals surface area contributed by atoms with Crippen LogP contribution in [-0.2, 0) is 0 Å². The van der Waals surface area contributed by atoms with Gasteiger partial charge in [-0.3, -0.25) is 0 Å². The first-order valence-corrected chi connectivity index (χ1v) is 4.89. The van der Waals surface area contributed by atoms with Crippen LogP contribution in [0.4, 0.5) is 0 Å². The van der Waals surface area contributed by atoms with Crippen molar-refractivity contribution in [3.8, 4) is 0 Å². The molecule has 0 unspecified atom stereocenters. The molecule has 1 N–H and O–H groups in total. The predicted octanol–water partition coefficient (Wildman–Crippen LogP) is 3.07. The second-order valence-electron chi connectivity index (χ2n) is 3.58. The molecular formula is C11H15ClO. The van der Waals surface area contributed by atoms with E-state index in [1.165, 1.54) is 0 Å². The Morgan fingerprint density at radius 1 is 1.23 bits per heavy atom. The van der Waals surface area contributed by atoms with Crippen LogP contribution in [0.2, 0.25) is 5.02 Å². The highest BCUT2D eigenvalue weighted by Gasteiger charge is 2.13. The Labute approximate surface area is 84.4 Å². The van der Waals surface area contributed by atoms with E-state index in [0.717, 1.165) is 10.6 Å². The lowest BCUT2D eigenvalue weighted by atomic mass is 9.89. The van der Waals surface area contributed by atoms with Crippen molar-refractivity contribution in [1.82, 2.24) is 0 Å². The summed E-state index contributed by atoms with van der Waals surface area (Å²) in [5.74, 6) is 0.670. The monoisotopic (exact) mass is 198 g/mol. The summed E-state index contributed by atoms with van der Waals surface area (Å²) in [6, 6.07) is 7.68. The van der Waals surface area contributed by atoms with Gasteiger partial charge < -0.3 is 5.11 Å². The van der Waals surface area contributed by atoms with E-state index in [1.54, 1.807) is 0 Å². The van der Waals surface area contributed by atoms with Gasteiger partial charge in [0.15, 0.2) is 0 Å². The highest BCUT2D eigenvalue weighted by atomic mass is 35.5. The Morgan fingerprint density at radius 3 is 2.15 bits per heavy atom. The summed E-state index contributed by atoms with van der Waals surface area (Å²) < 4.78 is 0. The van der Waals surface area contributed by atoms with Crippen LogP contribution in [-0.4, -0.2) is 11.7 Å². The summed E-state index contributed by atoms with van der Waals surface area (Å²) in [5.41, 5.74) is 1.15. The van der Waals surface area contributed by atoms with Crippen LogP contribution in [0.3, 0.4) is 0 Å². The molecule has 0 saturated heterocycles. The van der Waals surface area contributed by atoms with Gasteiger partial charge in [0.1, 0.15) is 0 Å². The van der Waals surface area contributed by atoms with Gasteiger partial charge in [-0.1, -0.05) is 37.6 Å². The van der Waals surface area contributed by atoms with E-state index in [-0.39, 0.29) is 12.5 Å². The zero-order chi connectivity index (χ0) is 9.84. The van der Waals surface area contributed by atoms with Crippen molar-refractivity contribution >= 4 is 11.6 Å². The van der Waals surface area contributed by atoms with Gasteiger partial charge in [0.25, 0.3) is 0 Å². The van der Waals surface area contributed by atoms with E-state index < -0.39 is 0 Å². The number of hydrogen-bond donors (Lipinski definition) is 1. The smallest absolute Gasteiger partial charge is 0.0502 e. The van der Waals surface area contributed by atoms with Crippen molar-refractivity contribution in [3.63, 3.8) is 0 Å². The standard InChI is InChI=1S/C11H15ClO/c1-8(2)11(7-13)9-3-5-10(12)6-4-9/h3-6,8,11,13H,7H2,1-2H3/t11-/m0/s1. The van der Waals surface area contributed by atoms with E-state index >= 15 is 0 Å². The Morgan fingerprint density at radius 2 is 1.77 bits per heavy atom. The highest BCUT2D eigenvalue weighted by molar-refractivity contribution is 6.30. The molecule has 1 rings (SSSR count). The number of hydrogen-bond acceptors (Lipinski definition) is 1. The van der Waals surface area contributed by atoms with Gasteiger partial charge >= 0.3 is 0 Å². The molecule has 0 aliphatic carbocycles. The Kier molecular flexibility index (Phi) is 3.76. The molecule has 72 valence electrons. The number of rotatable bonds is 3. The predicted molar refractivity (Wildman–Crippen MR) is 56.1 cm³/mol. The van der Waals surface area contributed by atoms with Gasteiger partial charge in [0, 0.05) is 10.9 Å². The Hall–Kier alpha value is -0.530. The van der Waals surface area contributed by atoms with Crippen molar-refractivity contribution in [2.75, 3.05) is 6.61 Å². The normalized spacial score (nSPS) is 13.3. The first-order valence-electron chi connectivity index (χ1n) is 4.51. The highest BCUT2D eigenvalue weighted by Crippen LogP contribution is 2.24. The topological polar surface area (TPSA) is 20.2 Å². The van der Waals surface area contributed by atoms with Crippen LogP contribution < -0.4 is 0 Å². The van der Waals surface area contributed by atoms with E-state index in [1.807, 2.05) is 24.3 Å². The molecule has 1 atom stereocenters. The molecule has 0 bridgehead atoms. The quantitative estimate of drug-likeness (QED) is 0.792. The summed E-state index contributed by atoms with van der Waals surface area (Å²) in [5, 5.41) is 9.93. The molecule has 1 aromatic carbocycles. The fraction of sp³-hybridized carbons (Fsp3) is 0.455. The second kappa shape index (κ2) is 4.64. The lowest BCUT2D eigenvalue weighted by Crippen LogP contribution is -2.10. The van der Waals surface area contributed by atoms with E-state index in [9.17, 15) is 5.11 Å². The maximum atomic E-state index is 9.19. The molecule has 0 aliphatic rings. The molecule has 0 aliphatic heterocycles. The molecule has 0 radical (unpaired) electrons. The zero-order valence-corrected chi connectivity index (χ0v) is 8.75. The van der Waals surface area contributed by atoms with Gasteiger partial charge in [-0.15, -0.1) is 0 Å². The first-order chi connectivity index (χ1) is 6.15. The molecule has 0 heterocycles. The second-order valence-corrected chi connectivity index (χ2v) is 4.02. The lowest BCUT2D eigenvalue weighted by Gasteiger charge is -2.18. The molecular weight excluding hydrogens is 184 g/mol. The zero-order valence-electron chi connectivity index (χ0n) is 8.00. The Bertz CT molecular complexity index is 253. The third-order valence-corrected chi connectivity index (χ3v) is 2.55. The molecule has 0 saturated carbocycles. The third kappa shape index (κ3) is 2.71. The molecule has 1 aromatic rings. The van der Waals surface area contributed by atoms with Crippen LogP contribution in [0.5, 0.6) is 0 Å². The van der Waals surface area contributed by atoms with Gasteiger partial charge in [-0.05, 0) is 23.6 Å². The molecule has 0 fully saturated rings. The van der Waals surface area contributed by atoms with Crippen LogP contribution in [0.15, 0.2) is 24.3 Å². The van der Waals surface area contributed by atoms with E-state index in [4.69, 9.17) is 11.6 Å². The summed E-state index contributed by atoms with van der Waals surface area (Å²) in [4.78, 5) is 0. The maximum absolute atomic E-state index is 9.19. The van der Waals surface area contributed by atoms with Crippen LogP contribution in [0.25, 0.3) is 0 Å². The number of aliphatic hydroxyl groups excluding tert-OH is 1.